The number of rotatable bonds is 10. The van der Waals surface area contributed by atoms with E-state index in [1.165, 1.54) is 0 Å². The Morgan fingerprint density at radius 1 is 0.508 bits per heavy atom. The number of imidazole rings is 1. The third kappa shape index (κ3) is 8.51. The number of hydrogen-bond acceptors (Lipinski definition) is 3. The van der Waals surface area contributed by atoms with E-state index in [2.05, 4.69) is 108 Å². The van der Waals surface area contributed by atoms with Crippen LogP contribution in [0.5, 0.6) is 5.75 Å². The average molecular weight is 1020 g/mol. The Bertz CT molecular complexity index is 3370. The van der Waals surface area contributed by atoms with Crippen molar-refractivity contribution in [3.05, 3.63) is 218 Å². The van der Waals surface area contributed by atoms with E-state index in [0.29, 0.717) is 11.4 Å². The number of phenolic OH excluding ortho intramolecular Hbond substituents is 1. The van der Waals surface area contributed by atoms with Crippen LogP contribution in [0.25, 0.3) is 95.0 Å². The van der Waals surface area contributed by atoms with Crippen molar-refractivity contribution in [1.29, 1.82) is 0 Å². The third-order valence-corrected chi connectivity index (χ3v) is 12.0. The van der Waals surface area contributed by atoms with E-state index >= 15 is 0 Å². The van der Waals surface area contributed by atoms with E-state index in [1.54, 1.807) is 6.07 Å². The van der Waals surface area contributed by atoms with Gasteiger partial charge in [0.15, 0.2) is 0 Å². The summed E-state index contributed by atoms with van der Waals surface area (Å²) in [6, 6.07) is 69.4. The fourth-order valence-corrected chi connectivity index (χ4v) is 8.70. The Labute approximate surface area is 399 Å². The predicted molar refractivity (Wildman–Crippen MR) is 266 cm³/mol. The van der Waals surface area contributed by atoms with Gasteiger partial charge in [-0.2, -0.15) is 0 Å². The van der Waals surface area contributed by atoms with Gasteiger partial charge in [0.2, 0.25) is 0 Å². The van der Waals surface area contributed by atoms with E-state index in [9.17, 15) is 6.48 Å². The summed E-state index contributed by atoms with van der Waals surface area (Å²) in [5, 5.41) is 11.6. The number of benzene rings is 8. The molecule has 0 aliphatic heterocycles. The molecule has 0 aliphatic carbocycles. The Hall–Kier alpha value is -7.13. The summed E-state index contributed by atoms with van der Waals surface area (Å²) in [5.74, 6) is -0.912. The van der Waals surface area contributed by atoms with Crippen LogP contribution >= 0.6 is 0 Å². The maximum absolute atomic E-state index is 11.6. The van der Waals surface area contributed by atoms with Crippen LogP contribution in [0.15, 0.2) is 200 Å². The molecule has 2 aromatic heterocycles. The third-order valence-electron chi connectivity index (χ3n) is 12.0. The van der Waals surface area contributed by atoms with Crippen LogP contribution in [0.4, 0.5) is 0 Å². The van der Waals surface area contributed by atoms with Crippen LogP contribution in [0, 0.1) is 6.07 Å². The minimum Gasteiger partial charge on any atom is -0.507 e. The molecule has 0 radical (unpaired) electrons. The van der Waals surface area contributed by atoms with Gasteiger partial charge >= 0.3 is 0 Å². The van der Waals surface area contributed by atoms with Crippen LogP contribution in [0.2, 0.25) is 0 Å². The summed E-state index contributed by atoms with van der Waals surface area (Å²) in [4.78, 5) is 10.4. The quantitative estimate of drug-likeness (QED) is 0.139. The van der Waals surface area contributed by atoms with Crippen molar-refractivity contribution in [2.24, 2.45) is 0 Å². The largest absolute Gasteiger partial charge is 0.507 e. The van der Waals surface area contributed by atoms with Crippen molar-refractivity contribution in [1.82, 2.24) is 14.5 Å². The zero-order valence-corrected chi connectivity index (χ0v) is 38.9. The molecule has 0 amide bonds. The van der Waals surface area contributed by atoms with Crippen LogP contribution < -0.4 is 0 Å². The Kier molecular flexibility index (Phi) is 11.6. The summed E-state index contributed by atoms with van der Waals surface area (Å²) in [6.07, 6.45) is 1.85. The number of para-hydroxylation sites is 2. The number of aromatic nitrogens is 3. The van der Waals surface area contributed by atoms with E-state index in [4.69, 9.17) is 11.3 Å². The van der Waals surface area contributed by atoms with Gasteiger partial charge in [-0.3, -0.25) is 9.55 Å². The van der Waals surface area contributed by atoms with Gasteiger partial charge in [-0.15, -0.1) is 23.8 Å². The molecule has 0 saturated carbocycles. The number of phenols is 1. The van der Waals surface area contributed by atoms with E-state index in [0.717, 1.165) is 94.7 Å². The fraction of sp³-hybridized carbons (Fsp3) is 0.100. The molecule has 0 spiro atoms. The second kappa shape index (κ2) is 18.5. The SMILES string of the molecule is [2H]C(C)(C)c1ccc(-c2ccnc(-c3[c-]c(-c4cccc5c4nc(-c4ccccc4O)n5-c4cc(-c5ccccc5)c(C([2H])(C)C)cc4-c4ccccc4)cc(-c4ccccc4)c3)c2)cc1.[Pt]. The summed E-state index contributed by atoms with van der Waals surface area (Å²) in [5.41, 5.74) is 16.3. The minimum atomic E-state index is -0.923. The first-order valence-electron chi connectivity index (χ1n) is 22.7. The van der Waals surface area contributed by atoms with Gasteiger partial charge in [0.05, 0.1) is 22.3 Å². The molecule has 5 heteroatoms. The molecule has 0 atom stereocenters. The second-order valence-corrected chi connectivity index (χ2v) is 16.7. The Morgan fingerprint density at radius 3 is 1.77 bits per heavy atom. The van der Waals surface area contributed by atoms with Gasteiger partial charge in [-0.1, -0.05) is 190 Å². The first kappa shape index (κ1) is 40.6. The van der Waals surface area contributed by atoms with Crippen molar-refractivity contribution in [2.45, 2.75) is 39.5 Å². The number of hydrogen-bond donors (Lipinski definition) is 1. The molecule has 0 unspecified atom stereocenters. The van der Waals surface area contributed by atoms with E-state index in [1.807, 2.05) is 125 Å². The molecule has 1 N–H and O–H groups in total. The topological polar surface area (TPSA) is 50.9 Å². The van der Waals surface area contributed by atoms with Crippen molar-refractivity contribution >= 4 is 11.0 Å². The van der Waals surface area contributed by atoms with Gasteiger partial charge in [-0.05, 0) is 92.7 Å². The Balaban J connectivity index is 0.00000562. The van der Waals surface area contributed by atoms with Crippen molar-refractivity contribution in [2.75, 3.05) is 0 Å². The molecular formula is C60H48N3OPt-. The molecule has 4 nitrogen and oxygen atoms in total. The standard InChI is InChI=1S/C60H48N3O.Pt/c1-39(2)41-27-29-43(30-28-41)46-31-32-61-55(36-46)49-34-47(42-17-8-5-9-18-42)33-48(35-49)50-24-16-25-56-59(50)62-60(51-23-14-15-26-58(51)64)63(56)57-38-53(44-19-10-6-11-20-44)52(40(3)4)37-54(57)45-21-12-7-13-22-45;/h5-34,36-40,64H,1-4H3;/q-1;/i39D,40D;. The van der Waals surface area contributed by atoms with Crippen molar-refractivity contribution in [3.8, 4) is 89.7 Å². The maximum atomic E-state index is 11.6. The molecule has 0 saturated heterocycles. The zero-order valence-electron chi connectivity index (χ0n) is 38.7. The first-order valence-corrected chi connectivity index (χ1v) is 21.7. The monoisotopic (exact) mass is 1020 g/mol. The first-order chi connectivity index (χ1) is 31.9. The maximum Gasteiger partial charge on any atom is 0.148 e. The van der Waals surface area contributed by atoms with Gasteiger partial charge in [0, 0.05) is 41.3 Å². The molecule has 10 aromatic rings. The molecule has 0 bridgehead atoms. The molecule has 0 fully saturated rings. The van der Waals surface area contributed by atoms with E-state index < -0.39 is 11.8 Å². The average Bonchev–Trinajstić information content (AvgIpc) is 3.73. The second-order valence-electron chi connectivity index (χ2n) is 16.7. The normalized spacial score (nSPS) is 12.1. The van der Waals surface area contributed by atoms with Crippen LogP contribution in [-0.4, -0.2) is 19.6 Å². The van der Waals surface area contributed by atoms with Gasteiger partial charge < -0.3 is 5.11 Å². The number of pyridine rings is 1. The summed E-state index contributed by atoms with van der Waals surface area (Å²) >= 11 is 0. The van der Waals surface area contributed by atoms with E-state index in [-0.39, 0.29) is 26.8 Å². The van der Waals surface area contributed by atoms with Gasteiger partial charge in [0.1, 0.15) is 11.6 Å². The Morgan fingerprint density at radius 2 is 1.11 bits per heavy atom. The summed E-state index contributed by atoms with van der Waals surface area (Å²) < 4.78 is 20.1. The fourth-order valence-electron chi connectivity index (χ4n) is 8.70. The predicted octanol–water partition coefficient (Wildman–Crippen LogP) is 15.8. The molecule has 8 aromatic carbocycles. The molecule has 320 valence electrons. The van der Waals surface area contributed by atoms with Crippen LogP contribution in [0.1, 0.15) is 53.4 Å². The summed E-state index contributed by atoms with van der Waals surface area (Å²) in [7, 11) is 0. The minimum absolute atomic E-state index is 0. The van der Waals surface area contributed by atoms with Gasteiger partial charge in [0.25, 0.3) is 0 Å². The molecule has 2 heterocycles. The van der Waals surface area contributed by atoms with Gasteiger partial charge in [-0.25, -0.2) is 4.98 Å². The van der Waals surface area contributed by atoms with Crippen molar-refractivity contribution in [3.63, 3.8) is 0 Å². The zero-order chi connectivity index (χ0) is 45.6. The molecule has 65 heavy (non-hydrogen) atoms. The van der Waals surface area contributed by atoms with Crippen LogP contribution in [0.3, 0.4) is 0 Å². The number of fused-ring (bicyclic) bond motifs is 1. The molecule has 10 rings (SSSR count). The molecule has 0 aliphatic rings. The smallest absolute Gasteiger partial charge is 0.148 e. The number of nitrogens with zero attached hydrogens (tertiary/aromatic N) is 3. The summed E-state index contributed by atoms with van der Waals surface area (Å²) in [6.45, 7) is 7.68. The van der Waals surface area contributed by atoms with Crippen LogP contribution in [-0.2, 0) is 21.1 Å². The van der Waals surface area contributed by atoms with Crippen molar-refractivity contribution < 1.29 is 28.9 Å². The molecular weight excluding hydrogens is 974 g/mol. The number of aromatic hydroxyl groups is 1.